The van der Waals surface area contributed by atoms with E-state index >= 15 is 0 Å². The van der Waals surface area contributed by atoms with Crippen LogP contribution in [0, 0.1) is 0 Å². The third-order valence-corrected chi connectivity index (χ3v) is 6.66. The van der Waals surface area contributed by atoms with Gasteiger partial charge in [0.15, 0.2) is 18.1 Å². The Balaban J connectivity index is 1.78. The highest BCUT2D eigenvalue weighted by molar-refractivity contribution is 6.31. The lowest BCUT2D eigenvalue weighted by Gasteiger charge is -2.25. The predicted octanol–water partition coefficient (Wildman–Crippen LogP) is 2.09. The predicted molar refractivity (Wildman–Crippen MR) is 146 cm³/mol. The Morgan fingerprint density at radius 3 is 2.49 bits per heavy atom. The number of hydrogen-bond acceptors (Lipinski definition) is 6. The van der Waals surface area contributed by atoms with Crippen LogP contribution in [0.15, 0.2) is 30.5 Å². The first-order valence-corrected chi connectivity index (χ1v) is 13.2. The number of nitrogens with zero attached hydrogens (tertiary/aromatic N) is 3. The number of aryl methyl sites for hydroxylation is 1. The van der Waals surface area contributed by atoms with Gasteiger partial charge in [0.1, 0.15) is 11.7 Å². The first-order valence-electron chi connectivity index (χ1n) is 12.8. The number of carbonyl (C=O) groups is 4. The highest BCUT2D eigenvalue weighted by Gasteiger charge is 2.22. The zero-order chi connectivity index (χ0) is 28.5. The Labute approximate surface area is 233 Å². The Kier molecular flexibility index (Phi) is 10.6. The average Bonchev–Trinajstić information content (AvgIpc) is 3.26. The molecule has 12 heteroatoms. The van der Waals surface area contributed by atoms with Crippen molar-refractivity contribution in [2.75, 3.05) is 46.9 Å². The van der Waals surface area contributed by atoms with Crippen LogP contribution in [0.5, 0.6) is 11.5 Å². The molecule has 1 aromatic heterocycles. The maximum atomic E-state index is 13.3. The molecule has 2 aliphatic rings. The summed E-state index contributed by atoms with van der Waals surface area (Å²) in [6.45, 7) is 3.01. The number of nitrogens with one attached hydrogen (secondary N) is 2. The van der Waals surface area contributed by atoms with Gasteiger partial charge in [-0.15, -0.1) is 0 Å². The second kappa shape index (κ2) is 13.9. The summed E-state index contributed by atoms with van der Waals surface area (Å²) in [7, 11) is 4.88. The molecule has 0 saturated carbocycles. The molecule has 1 atom stereocenters. The van der Waals surface area contributed by atoms with E-state index in [1.807, 2.05) is 0 Å². The van der Waals surface area contributed by atoms with E-state index in [2.05, 4.69) is 10.6 Å². The molecule has 1 aromatic carbocycles. The van der Waals surface area contributed by atoms with Gasteiger partial charge in [0, 0.05) is 52.0 Å². The molecule has 2 aromatic rings. The van der Waals surface area contributed by atoms with E-state index in [-0.39, 0.29) is 24.3 Å². The fourth-order valence-electron chi connectivity index (χ4n) is 4.30. The summed E-state index contributed by atoms with van der Waals surface area (Å²) < 4.78 is 12.6. The van der Waals surface area contributed by atoms with Crippen molar-refractivity contribution in [3.05, 3.63) is 46.7 Å². The zero-order valence-corrected chi connectivity index (χ0v) is 23.5. The summed E-state index contributed by atoms with van der Waals surface area (Å²) in [4.78, 5) is 54.5. The van der Waals surface area contributed by atoms with E-state index in [4.69, 9.17) is 21.1 Å². The first kappa shape index (κ1) is 29.8. The minimum absolute atomic E-state index is 0.157. The van der Waals surface area contributed by atoms with Crippen LogP contribution in [0.4, 0.5) is 0 Å². The van der Waals surface area contributed by atoms with E-state index in [1.165, 1.54) is 13.2 Å². The Hall–Kier alpha value is -3.73. The van der Waals surface area contributed by atoms with E-state index in [1.54, 1.807) is 59.8 Å². The molecule has 0 aliphatic carbocycles. The largest absolute Gasteiger partial charge is 0.493 e. The van der Waals surface area contributed by atoms with Crippen LogP contribution >= 0.6 is 11.6 Å². The van der Waals surface area contributed by atoms with E-state index in [9.17, 15) is 19.2 Å². The monoisotopic (exact) mass is 561 g/mol. The van der Waals surface area contributed by atoms with Gasteiger partial charge in [-0.25, -0.2) is 0 Å². The third-order valence-electron chi connectivity index (χ3n) is 6.45. The fraction of sp³-hybridized carbons (Fsp3) is 0.481. The van der Waals surface area contributed by atoms with Crippen LogP contribution in [0.2, 0.25) is 5.02 Å². The molecule has 4 rings (SSSR count). The molecule has 2 bridgehead atoms. The molecule has 0 spiro atoms. The van der Waals surface area contributed by atoms with E-state index < -0.39 is 11.9 Å². The Morgan fingerprint density at radius 1 is 1.08 bits per heavy atom. The number of likely N-dealkylation sites (N-methyl/N-ethyl adjacent to an activating group) is 1. The number of fused-ring (bicyclic) bond motifs is 18. The number of amides is 4. The number of methoxy groups -OCH3 is 1. The van der Waals surface area contributed by atoms with Gasteiger partial charge in [-0.2, -0.15) is 0 Å². The number of carbonyl (C=O) groups excluding carboxylic acids is 4. The summed E-state index contributed by atoms with van der Waals surface area (Å²) in [6, 6.07) is 5.55. The fourth-order valence-corrected chi connectivity index (χ4v) is 4.55. The van der Waals surface area contributed by atoms with Crippen molar-refractivity contribution in [1.82, 2.24) is 25.0 Å². The smallest absolute Gasteiger partial charge is 0.270 e. The highest BCUT2D eigenvalue weighted by Crippen LogP contribution is 2.28. The topological polar surface area (TPSA) is 122 Å². The second-order valence-corrected chi connectivity index (χ2v) is 9.90. The highest BCUT2D eigenvalue weighted by atomic mass is 35.5. The normalized spacial score (nSPS) is 18.6. The van der Waals surface area contributed by atoms with Crippen molar-refractivity contribution < 1.29 is 28.7 Å². The number of hydrogen-bond donors (Lipinski definition) is 2. The van der Waals surface area contributed by atoms with Crippen LogP contribution in [0.3, 0.4) is 0 Å². The number of benzene rings is 1. The van der Waals surface area contributed by atoms with Gasteiger partial charge in [0.2, 0.25) is 5.91 Å². The van der Waals surface area contributed by atoms with Gasteiger partial charge in [-0.05, 0) is 50.5 Å². The molecule has 2 N–H and O–H groups in total. The molecule has 2 aliphatic heterocycles. The van der Waals surface area contributed by atoms with Gasteiger partial charge in [-0.3, -0.25) is 19.2 Å². The molecule has 0 unspecified atom stereocenters. The average molecular weight is 562 g/mol. The molecular formula is C27H36ClN5O6. The lowest BCUT2D eigenvalue weighted by molar-refractivity contribution is -0.135. The first-order chi connectivity index (χ1) is 18.6. The lowest BCUT2D eigenvalue weighted by atomic mass is 10.2. The molecule has 212 valence electrons. The number of halogens is 1. The number of ether oxygens (including phenoxy) is 2. The van der Waals surface area contributed by atoms with Crippen molar-refractivity contribution in [2.45, 2.75) is 32.2 Å². The number of rotatable bonds is 2. The third kappa shape index (κ3) is 8.13. The summed E-state index contributed by atoms with van der Waals surface area (Å²) in [5, 5.41) is 6.00. The van der Waals surface area contributed by atoms with Crippen LogP contribution in [-0.2, 0) is 16.6 Å². The maximum Gasteiger partial charge on any atom is 0.270 e. The van der Waals surface area contributed by atoms with Crippen LogP contribution in [0.25, 0.3) is 0 Å². The quantitative estimate of drug-likeness (QED) is 0.541. The van der Waals surface area contributed by atoms with Crippen molar-refractivity contribution >= 4 is 35.2 Å². The van der Waals surface area contributed by atoms with Crippen LogP contribution < -0.4 is 20.1 Å². The van der Waals surface area contributed by atoms with Gasteiger partial charge in [0.25, 0.3) is 17.7 Å². The minimum Gasteiger partial charge on any atom is -0.493 e. The van der Waals surface area contributed by atoms with Crippen LogP contribution in [-0.4, -0.2) is 91.0 Å². The Morgan fingerprint density at radius 2 is 1.79 bits per heavy atom. The van der Waals surface area contributed by atoms with Gasteiger partial charge in [-0.1, -0.05) is 11.6 Å². The lowest BCUT2D eigenvalue weighted by Crippen LogP contribution is -2.47. The van der Waals surface area contributed by atoms with Crippen molar-refractivity contribution in [3.63, 3.8) is 0 Å². The van der Waals surface area contributed by atoms with E-state index in [0.29, 0.717) is 73.2 Å². The van der Waals surface area contributed by atoms with Gasteiger partial charge < -0.3 is 34.5 Å². The summed E-state index contributed by atoms with van der Waals surface area (Å²) in [6.07, 6.45) is 3.54. The molecule has 3 heterocycles. The molecule has 0 radical (unpaired) electrons. The Bertz CT molecular complexity index is 1200. The SMILES string of the molecule is COc1cc2ccc1OCC(=O)N[C@@H](C)C(=O)N(C)CCCCN(C(=O)c1cc(Cl)cn1C)CCCNC2=O. The second-order valence-electron chi connectivity index (χ2n) is 9.47. The number of aromatic nitrogens is 1. The van der Waals surface area contributed by atoms with E-state index in [0.717, 1.165) is 0 Å². The summed E-state index contributed by atoms with van der Waals surface area (Å²) in [5.41, 5.74) is 0.837. The molecule has 39 heavy (non-hydrogen) atoms. The van der Waals surface area contributed by atoms with Gasteiger partial charge in [0.05, 0.1) is 12.1 Å². The van der Waals surface area contributed by atoms with Crippen molar-refractivity contribution in [1.29, 1.82) is 0 Å². The van der Waals surface area contributed by atoms with Crippen molar-refractivity contribution in [3.8, 4) is 11.5 Å². The van der Waals surface area contributed by atoms with Crippen LogP contribution in [0.1, 0.15) is 47.0 Å². The van der Waals surface area contributed by atoms with Gasteiger partial charge >= 0.3 is 0 Å². The minimum atomic E-state index is -0.742. The summed E-state index contributed by atoms with van der Waals surface area (Å²) in [5.74, 6) is -0.563. The molecule has 4 amide bonds. The molecular weight excluding hydrogens is 526 g/mol. The van der Waals surface area contributed by atoms with Crippen molar-refractivity contribution in [2.24, 2.45) is 7.05 Å². The molecule has 0 fully saturated rings. The molecule has 11 nitrogen and oxygen atoms in total. The molecule has 0 saturated heterocycles. The maximum absolute atomic E-state index is 13.3. The zero-order valence-electron chi connectivity index (χ0n) is 22.8. The standard InChI is InChI=1S/C27H36ClN5O6/c1-18-26(36)31(2)11-5-6-12-33(27(37)21-15-20(28)16-32(21)3)13-7-10-29-25(35)19-8-9-22(23(14-19)38-4)39-17-24(34)30-18/h8-9,14-16,18H,5-7,10-13,17H2,1-4H3,(H,29,35)(H,30,34)/t18-/m0/s1. The summed E-state index contributed by atoms with van der Waals surface area (Å²) >= 11 is 6.10.